The van der Waals surface area contributed by atoms with Crippen LogP contribution in [0.5, 0.6) is 0 Å². The molecule has 0 radical (unpaired) electrons. The Bertz CT molecular complexity index is 250. The van der Waals surface area contributed by atoms with Crippen LogP contribution in [0.25, 0.3) is 0 Å². The first-order valence-electron chi connectivity index (χ1n) is 6.44. The average molecular weight is 309 g/mol. The van der Waals surface area contributed by atoms with Crippen LogP contribution in [0.15, 0.2) is 0 Å². The summed E-state index contributed by atoms with van der Waals surface area (Å²) >= 11 is 0. The van der Waals surface area contributed by atoms with Crippen molar-refractivity contribution in [2.45, 2.75) is 58.2 Å². The normalized spacial score (nSPS) is 15.2. The second kappa shape index (κ2) is 8.07. The molecule has 0 aromatic rings. The van der Waals surface area contributed by atoms with Crippen LogP contribution in [0, 0.1) is 5.92 Å². The lowest BCUT2D eigenvalue weighted by atomic mass is 10.2. The van der Waals surface area contributed by atoms with Crippen molar-refractivity contribution in [2.24, 2.45) is 5.92 Å². The van der Waals surface area contributed by atoms with Crippen LogP contribution in [0.3, 0.4) is 0 Å². The molecule has 0 aliphatic carbocycles. The Hall–Kier alpha value is -0.500. The lowest BCUT2D eigenvalue weighted by Gasteiger charge is -2.26. The molecule has 0 aliphatic rings. The molecule has 0 bridgehead atoms. The summed E-state index contributed by atoms with van der Waals surface area (Å²) in [5, 5.41) is 3.05. The number of hydrogen-bond acceptors (Lipinski definition) is 2. The molecule has 0 aliphatic heterocycles. The molecular weight excluding hydrogens is 288 g/mol. The lowest BCUT2D eigenvalue weighted by Crippen LogP contribution is -2.46. The van der Waals surface area contributed by atoms with Gasteiger partial charge in [0.15, 0.2) is 0 Å². The zero-order chi connectivity index (χ0) is 16.0. The highest BCUT2D eigenvalue weighted by Crippen LogP contribution is 2.36. The Balaban J connectivity index is 4.12. The van der Waals surface area contributed by atoms with Gasteiger partial charge in [-0.3, -0.25) is 0 Å². The minimum atomic E-state index is -5.44. The first-order valence-corrected chi connectivity index (χ1v) is 6.44. The summed E-state index contributed by atoms with van der Waals surface area (Å²) in [4.78, 5) is 0. The van der Waals surface area contributed by atoms with E-state index in [1.54, 1.807) is 0 Å². The fourth-order valence-corrected chi connectivity index (χ4v) is 1.55. The van der Waals surface area contributed by atoms with Crippen molar-refractivity contribution in [1.29, 1.82) is 0 Å². The van der Waals surface area contributed by atoms with Crippen molar-refractivity contribution in [1.82, 2.24) is 5.32 Å². The van der Waals surface area contributed by atoms with Crippen molar-refractivity contribution in [3.05, 3.63) is 0 Å². The summed E-state index contributed by atoms with van der Waals surface area (Å²) in [7, 11) is 0. The molecule has 0 heterocycles. The number of alkyl halides is 6. The van der Waals surface area contributed by atoms with E-state index in [1.807, 2.05) is 13.8 Å². The van der Waals surface area contributed by atoms with E-state index in [1.165, 1.54) is 6.92 Å². The minimum absolute atomic E-state index is 0.133. The molecule has 0 rings (SSSR count). The van der Waals surface area contributed by atoms with Crippen molar-refractivity contribution < 1.29 is 31.1 Å². The van der Waals surface area contributed by atoms with Gasteiger partial charge in [0.05, 0.1) is 6.10 Å². The van der Waals surface area contributed by atoms with Crippen LogP contribution in [0.1, 0.15) is 33.6 Å². The summed E-state index contributed by atoms with van der Waals surface area (Å²) in [6, 6.07) is 0. The van der Waals surface area contributed by atoms with Crippen molar-refractivity contribution in [2.75, 3.05) is 13.1 Å². The standard InChI is InChI=1S/C12H21F6NO/c1-8(2)7-19-6-4-5-9(3)20-10(11(13,14)15)12(16,17)18/h8-10,19H,4-7H2,1-3H3. The molecule has 122 valence electrons. The average Bonchev–Trinajstić information content (AvgIpc) is 2.21. The topological polar surface area (TPSA) is 21.3 Å². The Morgan fingerprint density at radius 1 is 0.950 bits per heavy atom. The van der Waals surface area contributed by atoms with E-state index in [0.717, 1.165) is 6.54 Å². The fraction of sp³-hybridized carbons (Fsp3) is 1.00. The monoisotopic (exact) mass is 309 g/mol. The second-order valence-corrected chi connectivity index (χ2v) is 5.15. The molecule has 0 saturated carbocycles. The zero-order valence-electron chi connectivity index (χ0n) is 11.7. The van der Waals surface area contributed by atoms with Crippen molar-refractivity contribution in [3.63, 3.8) is 0 Å². The molecule has 1 unspecified atom stereocenters. The minimum Gasteiger partial charge on any atom is -0.358 e. The Labute approximate surface area is 114 Å². The third-order valence-corrected chi connectivity index (χ3v) is 2.48. The number of nitrogens with one attached hydrogen (secondary N) is 1. The summed E-state index contributed by atoms with van der Waals surface area (Å²) in [5.41, 5.74) is 0. The van der Waals surface area contributed by atoms with E-state index in [-0.39, 0.29) is 6.42 Å². The number of ether oxygens (including phenoxy) is 1. The van der Waals surface area contributed by atoms with Gasteiger partial charge in [-0.1, -0.05) is 13.8 Å². The molecule has 2 nitrogen and oxygen atoms in total. The smallest absolute Gasteiger partial charge is 0.358 e. The maximum Gasteiger partial charge on any atom is 0.423 e. The van der Waals surface area contributed by atoms with Gasteiger partial charge in [-0.15, -0.1) is 0 Å². The highest BCUT2D eigenvalue weighted by Gasteiger charge is 2.58. The maximum absolute atomic E-state index is 12.3. The van der Waals surface area contributed by atoms with Crippen molar-refractivity contribution in [3.8, 4) is 0 Å². The Morgan fingerprint density at radius 2 is 1.45 bits per heavy atom. The van der Waals surface area contributed by atoms with Crippen LogP contribution in [0.4, 0.5) is 26.3 Å². The van der Waals surface area contributed by atoms with Gasteiger partial charge in [0.25, 0.3) is 0 Å². The van der Waals surface area contributed by atoms with E-state index >= 15 is 0 Å². The summed E-state index contributed by atoms with van der Waals surface area (Å²) in [6.07, 6.45) is -15.1. The van der Waals surface area contributed by atoms with Crippen LogP contribution in [-0.4, -0.2) is 37.7 Å². The molecule has 1 N–H and O–H groups in total. The molecule has 0 amide bonds. The van der Waals surface area contributed by atoms with Gasteiger partial charge in [-0.2, -0.15) is 26.3 Å². The zero-order valence-corrected chi connectivity index (χ0v) is 11.7. The highest BCUT2D eigenvalue weighted by atomic mass is 19.4. The van der Waals surface area contributed by atoms with E-state index in [9.17, 15) is 26.3 Å². The van der Waals surface area contributed by atoms with Crippen LogP contribution in [-0.2, 0) is 4.74 Å². The van der Waals surface area contributed by atoms with Gasteiger partial charge in [0.2, 0.25) is 6.10 Å². The quantitative estimate of drug-likeness (QED) is 0.542. The molecule has 20 heavy (non-hydrogen) atoms. The highest BCUT2D eigenvalue weighted by molar-refractivity contribution is 4.77. The predicted octanol–water partition coefficient (Wildman–Crippen LogP) is 3.91. The SMILES string of the molecule is CC(C)CNCCCC(C)OC(C(F)(F)F)C(F)(F)F. The van der Waals surface area contributed by atoms with Crippen LogP contribution in [0.2, 0.25) is 0 Å². The predicted molar refractivity (Wildman–Crippen MR) is 63.4 cm³/mol. The molecule has 0 spiro atoms. The van der Waals surface area contributed by atoms with Gasteiger partial charge < -0.3 is 10.1 Å². The third-order valence-electron chi connectivity index (χ3n) is 2.48. The summed E-state index contributed by atoms with van der Waals surface area (Å²) in [5.74, 6) is 0.434. The molecule has 0 aromatic heterocycles. The van der Waals surface area contributed by atoms with E-state index in [2.05, 4.69) is 10.1 Å². The first-order chi connectivity index (χ1) is 8.94. The molecule has 0 saturated heterocycles. The Morgan fingerprint density at radius 3 is 1.85 bits per heavy atom. The number of halogens is 6. The molecule has 0 fully saturated rings. The van der Waals surface area contributed by atoms with E-state index < -0.39 is 24.6 Å². The molecule has 8 heteroatoms. The van der Waals surface area contributed by atoms with E-state index in [0.29, 0.717) is 18.9 Å². The molecular formula is C12H21F6NO. The number of rotatable bonds is 8. The van der Waals surface area contributed by atoms with E-state index in [4.69, 9.17) is 0 Å². The Kier molecular flexibility index (Phi) is 7.87. The molecule has 0 aromatic carbocycles. The van der Waals surface area contributed by atoms with Gasteiger partial charge in [-0.05, 0) is 38.8 Å². The third kappa shape index (κ3) is 8.63. The van der Waals surface area contributed by atoms with Gasteiger partial charge in [0, 0.05) is 0 Å². The largest absolute Gasteiger partial charge is 0.423 e. The second-order valence-electron chi connectivity index (χ2n) is 5.15. The maximum atomic E-state index is 12.3. The van der Waals surface area contributed by atoms with Crippen LogP contribution >= 0.6 is 0 Å². The van der Waals surface area contributed by atoms with Gasteiger partial charge >= 0.3 is 12.4 Å². The number of hydrogen-bond donors (Lipinski definition) is 1. The summed E-state index contributed by atoms with van der Waals surface area (Å²) in [6.45, 7) is 6.50. The summed E-state index contributed by atoms with van der Waals surface area (Å²) < 4.78 is 77.6. The first kappa shape index (κ1) is 19.5. The van der Waals surface area contributed by atoms with Gasteiger partial charge in [-0.25, -0.2) is 0 Å². The van der Waals surface area contributed by atoms with Gasteiger partial charge in [0.1, 0.15) is 0 Å². The fourth-order valence-electron chi connectivity index (χ4n) is 1.55. The van der Waals surface area contributed by atoms with Crippen molar-refractivity contribution >= 4 is 0 Å². The molecule has 1 atom stereocenters. The lowest BCUT2D eigenvalue weighted by molar-refractivity contribution is -0.330. The van der Waals surface area contributed by atoms with Crippen LogP contribution < -0.4 is 5.32 Å².